The number of hydrogen-bond donors (Lipinski definition) is 0. The van der Waals surface area contributed by atoms with Crippen molar-refractivity contribution < 1.29 is 4.74 Å². The maximum absolute atomic E-state index is 6.83. The van der Waals surface area contributed by atoms with Crippen LogP contribution >= 0.6 is 11.8 Å². The molecule has 46 heavy (non-hydrogen) atoms. The van der Waals surface area contributed by atoms with Gasteiger partial charge in [-0.3, -0.25) is 4.90 Å². The second kappa shape index (κ2) is 14.1. The first-order valence-corrected chi connectivity index (χ1v) is 22.7. The molecule has 0 spiro atoms. The van der Waals surface area contributed by atoms with Crippen LogP contribution in [0.3, 0.4) is 0 Å². The molecule has 7 aliphatic carbocycles. The zero-order chi connectivity index (χ0) is 30.6. The Labute approximate surface area is 288 Å². The second-order valence-corrected chi connectivity index (χ2v) is 20.6. The highest BCUT2D eigenvalue weighted by Crippen LogP contribution is 2.63. The van der Waals surface area contributed by atoms with Crippen molar-refractivity contribution in [1.82, 2.24) is 4.90 Å². The summed E-state index contributed by atoms with van der Waals surface area (Å²) in [6.45, 7) is 2.50. The van der Waals surface area contributed by atoms with Gasteiger partial charge in [-0.25, -0.2) is 0 Å². The van der Waals surface area contributed by atoms with Crippen molar-refractivity contribution in [3.63, 3.8) is 0 Å². The normalized spacial score (nSPS) is 51.7. The molecule has 2 aliphatic heterocycles. The molecule has 9 aliphatic rings. The Balaban J connectivity index is 0.845. The smallest absolute Gasteiger partial charge is 0.0621 e. The largest absolute Gasteiger partial charge is 0.374 e. The summed E-state index contributed by atoms with van der Waals surface area (Å²) in [5.74, 6) is 9.13. The van der Waals surface area contributed by atoms with E-state index in [2.05, 4.69) is 23.6 Å². The Hall–Kier alpha value is 0.270. The summed E-state index contributed by atoms with van der Waals surface area (Å²) in [5, 5.41) is 1.95. The first kappa shape index (κ1) is 32.2. The van der Waals surface area contributed by atoms with Crippen molar-refractivity contribution in [2.75, 3.05) is 0 Å². The van der Waals surface area contributed by atoms with Crippen LogP contribution in [0, 0.1) is 53.3 Å². The Morgan fingerprint density at radius 2 is 0.978 bits per heavy atom. The van der Waals surface area contributed by atoms with Crippen molar-refractivity contribution in [2.24, 2.45) is 53.3 Å². The fourth-order valence-electron chi connectivity index (χ4n) is 14.8. The number of rotatable bonds is 5. The van der Waals surface area contributed by atoms with Gasteiger partial charge in [-0.1, -0.05) is 58.3 Å². The highest BCUT2D eigenvalue weighted by Gasteiger charge is 2.59. The highest BCUT2D eigenvalue weighted by atomic mass is 32.2. The van der Waals surface area contributed by atoms with Crippen LogP contribution in [0.25, 0.3) is 0 Å². The molecule has 0 N–H and O–H groups in total. The third kappa shape index (κ3) is 6.13. The molecule has 9 rings (SSSR count). The van der Waals surface area contributed by atoms with Gasteiger partial charge in [-0.2, -0.15) is 11.8 Å². The van der Waals surface area contributed by atoms with E-state index in [9.17, 15) is 0 Å². The lowest BCUT2D eigenvalue weighted by molar-refractivity contribution is -0.00719. The number of fused-ring (bicyclic) bond motifs is 7. The minimum atomic E-state index is 0.628. The van der Waals surface area contributed by atoms with Crippen LogP contribution in [0.2, 0.25) is 0 Å². The lowest BCUT2D eigenvalue weighted by atomic mass is 9.62. The van der Waals surface area contributed by atoms with E-state index in [0.717, 1.165) is 81.9 Å². The number of ether oxygens (including phenoxy) is 1. The van der Waals surface area contributed by atoms with E-state index < -0.39 is 0 Å². The van der Waals surface area contributed by atoms with Gasteiger partial charge >= 0.3 is 0 Å². The summed E-state index contributed by atoms with van der Waals surface area (Å²) in [4.78, 5) is 3.28. The van der Waals surface area contributed by atoms with Gasteiger partial charge in [0.2, 0.25) is 0 Å². The molecule has 2 saturated heterocycles. The van der Waals surface area contributed by atoms with Gasteiger partial charge in [0.05, 0.1) is 12.2 Å². The maximum atomic E-state index is 6.83. The van der Waals surface area contributed by atoms with E-state index in [-0.39, 0.29) is 0 Å². The van der Waals surface area contributed by atoms with E-state index in [1.165, 1.54) is 109 Å². The Morgan fingerprint density at radius 3 is 1.72 bits per heavy atom. The fraction of sp³-hybridized carbons (Fsp3) is 1.00. The molecule has 2 nitrogen and oxygen atoms in total. The zero-order valence-corrected chi connectivity index (χ0v) is 30.7. The summed E-state index contributed by atoms with van der Waals surface area (Å²) in [6.07, 6.45) is 40.6. The Kier molecular flexibility index (Phi) is 9.88. The van der Waals surface area contributed by atoms with Crippen LogP contribution in [0.4, 0.5) is 0 Å². The molecular weight excluding hydrogens is 579 g/mol. The molecule has 260 valence electrons. The van der Waals surface area contributed by atoms with Gasteiger partial charge in [0.1, 0.15) is 0 Å². The van der Waals surface area contributed by atoms with Crippen LogP contribution in [-0.4, -0.2) is 45.7 Å². The molecule has 9 atom stereocenters. The summed E-state index contributed by atoms with van der Waals surface area (Å²) in [6, 6.07) is 2.75. The van der Waals surface area contributed by atoms with Crippen LogP contribution in [0.1, 0.15) is 174 Å². The maximum Gasteiger partial charge on any atom is 0.0621 e. The van der Waals surface area contributed by atoms with E-state index in [1.54, 1.807) is 57.8 Å². The molecule has 3 heteroatoms. The third-order valence-electron chi connectivity index (χ3n) is 17.1. The van der Waals surface area contributed by atoms with E-state index in [0.29, 0.717) is 12.2 Å². The minimum absolute atomic E-state index is 0.628. The van der Waals surface area contributed by atoms with Gasteiger partial charge in [-0.05, 0) is 163 Å². The van der Waals surface area contributed by atoms with Crippen molar-refractivity contribution in [2.45, 2.75) is 215 Å². The molecule has 0 bridgehead atoms. The zero-order valence-electron chi connectivity index (χ0n) is 29.9. The van der Waals surface area contributed by atoms with Crippen molar-refractivity contribution >= 4 is 11.8 Å². The molecular formula is C43H71NOS. The number of nitrogens with zero attached hydrogens (tertiary/aromatic N) is 1. The lowest BCUT2D eigenvalue weighted by Crippen LogP contribution is -2.53. The Bertz CT molecular complexity index is 987. The minimum Gasteiger partial charge on any atom is -0.374 e. The van der Waals surface area contributed by atoms with E-state index in [4.69, 9.17) is 4.74 Å². The molecule has 7 saturated carbocycles. The summed E-state index contributed by atoms with van der Waals surface area (Å²) in [5.41, 5.74) is 0. The fourth-order valence-corrected chi connectivity index (χ4v) is 17.4. The first-order valence-electron chi connectivity index (χ1n) is 21.8. The van der Waals surface area contributed by atoms with Crippen molar-refractivity contribution in [1.29, 1.82) is 0 Å². The topological polar surface area (TPSA) is 12.5 Å². The number of thioether (sulfide) groups is 1. The van der Waals surface area contributed by atoms with Crippen LogP contribution in [-0.2, 0) is 4.74 Å². The van der Waals surface area contributed by atoms with Crippen molar-refractivity contribution in [3.05, 3.63) is 0 Å². The molecule has 0 aromatic heterocycles. The van der Waals surface area contributed by atoms with Crippen LogP contribution < -0.4 is 0 Å². The molecule has 0 amide bonds. The molecule has 0 radical (unpaired) electrons. The molecule has 9 fully saturated rings. The lowest BCUT2D eigenvalue weighted by Gasteiger charge is -2.50. The molecule has 2 heterocycles. The highest BCUT2D eigenvalue weighted by molar-refractivity contribution is 8.00. The number of hydrogen-bond acceptors (Lipinski definition) is 3. The quantitative estimate of drug-likeness (QED) is 0.294. The monoisotopic (exact) mass is 650 g/mol. The standard InChI is InChI=1S/C43H71NOS/c1-28-14-16-29(17-15-28)30-18-22-33(23-19-30)44(32-8-3-2-4-9-32)34-24-20-31(21-25-34)35-11-7-12-36-37-26-27-40-41(43(37)46-42(35)36)38-10-5-6-13-39(38)45-40/h28-43H,2-27H2,1H3. The summed E-state index contributed by atoms with van der Waals surface area (Å²) >= 11 is 2.59. The third-order valence-corrected chi connectivity index (χ3v) is 19.0. The van der Waals surface area contributed by atoms with Gasteiger partial charge in [0.15, 0.2) is 0 Å². The predicted molar refractivity (Wildman–Crippen MR) is 194 cm³/mol. The second-order valence-electron chi connectivity index (χ2n) is 19.2. The summed E-state index contributed by atoms with van der Waals surface area (Å²) in [7, 11) is 0. The molecule has 0 aromatic carbocycles. The first-order chi connectivity index (χ1) is 22.7. The molecule has 0 aromatic rings. The van der Waals surface area contributed by atoms with Gasteiger partial charge in [-0.15, -0.1) is 0 Å². The summed E-state index contributed by atoms with van der Waals surface area (Å²) < 4.78 is 6.83. The SMILES string of the molecule is CC1CCC(C2CCC(N(C3CCCCC3)C3CCC(C4CCCC5C6CCC7OC8CCCCC8C7C6SC45)CC3)CC2)CC1. The van der Waals surface area contributed by atoms with E-state index >= 15 is 0 Å². The van der Waals surface area contributed by atoms with Crippen molar-refractivity contribution in [3.8, 4) is 0 Å². The van der Waals surface area contributed by atoms with Crippen LogP contribution in [0.5, 0.6) is 0 Å². The van der Waals surface area contributed by atoms with Crippen LogP contribution in [0.15, 0.2) is 0 Å². The average molecular weight is 650 g/mol. The van der Waals surface area contributed by atoms with E-state index in [1.807, 2.05) is 0 Å². The molecule has 9 unspecified atom stereocenters. The van der Waals surface area contributed by atoms with Gasteiger partial charge in [0.25, 0.3) is 0 Å². The van der Waals surface area contributed by atoms with Gasteiger partial charge in [0, 0.05) is 34.5 Å². The van der Waals surface area contributed by atoms with Gasteiger partial charge < -0.3 is 4.74 Å². The predicted octanol–water partition coefficient (Wildman–Crippen LogP) is 11.4. The average Bonchev–Trinajstić information content (AvgIpc) is 3.68. The Morgan fingerprint density at radius 1 is 0.413 bits per heavy atom.